The van der Waals surface area contributed by atoms with Gasteiger partial charge in [-0.1, -0.05) is 18.2 Å². The molecule has 2 aromatic heterocycles. The van der Waals surface area contributed by atoms with E-state index in [1.165, 1.54) is 6.92 Å². The molecule has 0 aliphatic carbocycles. The maximum atomic E-state index is 13.5. The van der Waals surface area contributed by atoms with Gasteiger partial charge in [0.2, 0.25) is 11.8 Å². The van der Waals surface area contributed by atoms with Gasteiger partial charge in [0.15, 0.2) is 0 Å². The number of pyridine rings is 2. The molecule has 5 rings (SSSR count). The summed E-state index contributed by atoms with van der Waals surface area (Å²) in [5.41, 5.74) is 2.46. The molecule has 0 unspecified atom stereocenters. The molecule has 4 heterocycles. The predicted octanol–water partition coefficient (Wildman–Crippen LogP) is 1.75. The fourth-order valence-electron chi connectivity index (χ4n) is 5.67. The Bertz CT molecular complexity index is 1360. The number of methoxy groups -OCH3 is 1. The second-order valence-electron chi connectivity index (χ2n) is 9.21. The van der Waals surface area contributed by atoms with Gasteiger partial charge in [0, 0.05) is 61.8 Å². The van der Waals surface area contributed by atoms with Gasteiger partial charge in [0.05, 0.1) is 25.1 Å². The summed E-state index contributed by atoms with van der Waals surface area (Å²) in [7, 11) is 1.58. The van der Waals surface area contributed by atoms with E-state index in [0.717, 1.165) is 5.56 Å². The van der Waals surface area contributed by atoms with Crippen molar-refractivity contribution >= 4 is 11.8 Å². The maximum Gasteiger partial charge on any atom is 0.258 e. The average molecular weight is 489 g/mol. The third-order valence-corrected chi connectivity index (χ3v) is 7.28. The number of hydrogen-bond donors (Lipinski definition) is 2. The Balaban J connectivity index is 1.51. The summed E-state index contributed by atoms with van der Waals surface area (Å²) >= 11 is 0. The number of aliphatic hydroxyl groups excluding tert-OH is 1. The Morgan fingerprint density at radius 3 is 2.72 bits per heavy atom. The molecule has 186 valence electrons. The lowest BCUT2D eigenvalue weighted by atomic mass is 9.86. The van der Waals surface area contributed by atoms with Crippen molar-refractivity contribution in [3.63, 3.8) is 0 Å². The minimum Gasteiger partial charge on any atom is -0.497 e. The first-order chi connectivity index (χ1) is 17.4. The lowest BCUT2D eigenvalue weighted by Crippen LogP contribution is -2.48. The van der Waals surface area contributed by atoms with Crippen molar-refractivity contribution < 1.29 is 19.4 Å². The van der Waals surface area contributed by atoms with Crippen LogP contribution < -0.4 is 15.6 Å². The summed E-state index contributed by atoms with van der Waals surface area (Å²) in [4.78, 5) is 45.6. The molecule has 2 aliphatic heterocycles. The number of carbonyl (C=O) groups is 2. The summed E-state index contributed by atoms with van der Waals surface area (Å²) in [6, 6.07) is 13.4. The second-order valence-corrected chi connectivity index (χ2v) is 9.21. The molecule has 9 nitrogen and oxygen atoms in total. The number of aromatic nitrogens is 2. The molecule has 4 atom stereocenters. The first-order valence-electron chi connectivity index (χ1n) is 11.9. The third-order valence-electron chi connectivity index (χ3n) is 7.28. The van der Waals surface area contributed by atoms with E-state index in [0.29, 0.717) is 22.6 Å². The summed E-state index contributed by atoms with van der Waals surface area (Å²) in [6.45, 7) is 1.67. The van der Waals surface area contributed by atoms with Crippen molar-refractivity contribution in [1.82, 2.24) is 19.8 Å². The number of aliphatic hydroxyl groups is 1. The Morgan fingerprint density at radius 2 is 2.03 bits per heavy atom. The van der Waals surface area contributed by atoms with Crippen LogP contribution in [0.1, 0.15) is 24.2 Å². The molecule has 1 saturated heterocycles. The van der Waals surface area contributed by atoms with Crippen molar-refractivity contribution in [2.24, 2.45) is 11.8 Å². The molecular weight excluding hydrogens is 460 g/mol. The molecule has 2 bridgehead atoms. The monoisotopic (exact) mass is 488 g/mol. The Labute approximate surface area is 208 Å². The van der Waals surface area contributed by atoms with Gasteiger partial charge in [-0.15, -0.1) is 0 Å². The highest BCUT2D eigenvalue weighted by atomic mass is 16.5. The van der Waals surface area contributed by atoms with Crippen LogP contribution in [0.2, 0.25) is 0 Å². The van der Waals surface area contributed by atoms with Crippen LogP contribution in [0.25, 0.3) is 11.1 Å². The number of hydrogen-bond acceptors (Lipinski definition) is 6. The summed E-state index contributed by atoms with van der Waals surface area (Å²) in [5.74, 6) is -0.987. The Kier molecular flexibility index (Phi) is 6.32. The highest BCUT2D eigenvalue weighted by Crippen LogP contribution is 2.48. The van der Waals surface area contributed by atoms with Gasteiger partial charge >= 0.3 is 0 Å². The van der Waals surface area contributed by atoms with Crippen LogP contribution in [-0.4, -0.2) is 51.1 Å². The number of ether oxygens (including phenoxy) is 1. The van der Waals surface area contributed by atoms with Crippen LogP contribution >= 0.6 is 0 Å². The van der Waals surface area contributed by atoms with Crippen molar-refractivity contribution in [2.75, 3.05) is 13.7 Å². The number of nitrogens with zero attached hydrogens (tertiary/aromatic N) is 3. The van der Waals surface area contributed by atoms with Gasteiger partial charge in [0.1, 0.15) is 5.75 Å². The van der Waals surface area contributed by atoms with Gasteiger partial charge in [-0.25, -0.2) is 0 Å². The largest absolute Gasteiger partial charge is 0.497 e. The van der Waals surface area contributed by atoms with Gasteiger partial charge in [0.25, 0.3) is 5.56 Å². The summed E-state index contributed by atoms with van der Waals surface area (Å²) in [6.07, 6.45) is 3.28. The summed E-state index contributed by atoms with van der Waals surface area (Å²) in [5, 5.41) is 13.3. The fourth-order valence-corrected chi connectivity index (χ4v) is 5.67. The van der Waals surface area contributed by atoms with E-state index in [9.17, 15) is 19.5 Å². The van der Waals surface area contributed by atoms with Gasteiger partial charge in [-0.2, -0.15) is 0 Å². The zero-order chi connectivity index (χ0) is 25.4. The minimum absolute atomic E-state index is 0.193. The molecule has 1 aromatic carbocycles. The van der Waals surface area contributed by atoms with Crippen LogP contribution in [-0.2, 0) is 22.7 Å². The number of carbonyl (C=O) groups excluding carboxylic acids is 2. The molecule has 2 N–H and O–H groups in total. The van der Waals surface area contributed by atoms with Crippen LogP contribution in [0.4, 0.5) is 0 Å². The van der Waals surface area contributed by atoms with Gasteiger partial charge < -0.3 is 24.6 Å². The molecule has 1 fully saturated rings. The van der Waals surface area contributed by atoms with E-state index in [1.54, 1.807) is 41.1 Å². The van der Waals surface area contributed by atoms with Crippen LogP contribution in [0, 0.1) is 11.8 Å². The van der Waals surface area contributed by atoms with E-state index >= 15 is 0 Å². The molecular formula is C27H28N4O5. The van der Waals surface area contributed by atoms with Crippen molar-refractivity contribution in [1.29, 1.82) is 0 Å². The van der Waals surface area contributed by atoms with Crippen LogP contribution in [0.15, 0.2) is 65.7 Å². The number of rotatable bonds is 6. The molecule has 3 aromatic rings. The molecule has 0 spiro atoms. The highest BCUT2D eigenvalue weighted by molar-refractivity contribution is 5.83. The number of benzene rings is 1. The quantitative estimate of drug-likeness (QED) is 0.547. The topological polar surface area (TPSA) is 114 Å². The smallest absolute Gasteiger partial charge is 0.258 e. The maximum absolute atomic E-state index is 13.5. The number of nitrogens with one attached hydrogen (secondary N) is 1. The van der Waals surface area contributed by atoms with Crippen LogP contribution in [0.5, 0.6) is 5.75 Å². The molecule has 2 amide bonds. The van der Waals surface area contributed by atoms with E-state index in [4.69, 9.17) is 4.74 Å². The van der Waals surface area contributed by atoms with Gasteiger partial charge in [-0.05, 0) is 35.9 Å². The van der Waals surface area contributed by atoms with E-state index in [-0.39, 0.29) is 37.1 Å². The standard InChI is InChI=1S/C27H28N4O5/c1-16(33)31-23-14-30-22(9-8-20(27(30)35)18-6-4-10-28-13-18)25(31)24(21(23)15-32)26(34)29-12-17-5-3-7-19(11-17)36-2/h3-11,13,21,23-25,32H,12,14-15H2,1-2H3,(H,29,34)/t21-,23-,24+,25+/m1/s1. The SMILES string of the molecule is COc1cccc(CNC(=O)[C@H]2[C@H](CO)[C@H]3Cn4c(ccc(-c5cccnc5)c4=O)[C@@H]2N3C(C)=O)c1. The van der Waals surface area contributed by atoms with E-state index < -0.39 is 23.9 Å². The normalized spacial score (nSPS) is 22.1. The van der Waals surface area contributed by atoms with Gasteiger partial charge in [-0.3, -0.25) is 19.4 Å². The van der Waals surface area contributed by atoms with Crippen molar-refractivity contribution in [3.8, 4) is 16.9 Å². The lowest BCUT2D eigenvalue weighted by molar-refractivity contribution is -0.134. The van der Waals surface area contributed by atoms with Crippen LogP contribution in [0.3, 0.4) is 0 Å². The number of fused-ring (bicyclic) bond motifs is 4. The fraction of sp³-hybridized carbons (Fsp3) is 0.333. The molecule has 0 radical (unpaired) electrons. The number of amides is 2. The minimum atomic E-state index is -0.702. The Hall–Kier alpha value is -3.98. The lowest BCUT2D eigenvalue weighted by Gasteiger charge is -2.37. The second kappa shape index (κ2) is 9.58. The molecule has 2 aliphatic rings. The molecule has 9 heteroatoms. The predicted molar refractivity (Wildman–Crippen MR) is 132 cm³/mol. The van der Waals surface area contributed by atoms with Crippen molar-refractivity contribution in [3.05, 3.63) is 82.5 Å². The summed E-state index contributed by atoms with van der Waals surface area (Å²) < 4.78 is 6.91. The van der Waals surface area contributed by atoms with E-state index in [2.05, 4.69) is 10.3 Å². The third kappa shape index (κ3) is 3.95. The average Bonchev–Trinajstić information content (AvgIpc) is 3.15. The van der Waals surface area contributed by atoms with Crippen molar-refractivity contribution in [2.45, 2.75) is 32.1 Å². The Morgan fingerprint density at radius 1 is 1.19 bits per heavy atom. The first kappa shape index (κ1) is 23.7. The van der Waals surface area contributed by atoms with E-state index in [1.807, 2.05) is 36.4 Å². The zero-order valence-electron chi connectivity index (χ0n) is 20.1. The highest BCUT2D eigenvalue weighted by Gasteiger charge is 2.56. The zero-order valence-corrected chi connectivity index (χ0v) is 20.1. The molecule has 36 heavy (non-hydrogen) atoms. The molecule has 0 saturated carbocycles. The first-order valence-corrected chi connectivity index (χ1v) is 11.9.